The molecule has 14 heavy (non-hydrogen) atoms. The van der Waals surface area contributed by atoms with Crippen LogP contribution in [0.2, 0.25) is 0 Å². The number of alkyl halides is 2. The molecule has 1 aromatic rings. The van der Waals surface area contributed by atoms with Crippen LogP contribution in [0.1, 0.15) is 25.7 Å². The van der Waals surface area contributed by atoms with Crippen LogP contribution in [-0.2, 0) is 6.54 Å². The number of nitrogens with zero attached hydrogens (tertiary/aromatic N) is 3. The lowest BCUT2D eigenvalue weighted by Crippen LogP contribution is -2.34. The first kappa shape index (κ1) is 9.55. The van der Waals surface area contributed by atoms with Crippen molar-refractivity contribution in [1.82, 2.24) is 14.8 Å². The largest absolute Gasteiger partial charge is 0.252 e. The summed E-state index contributed by atoms with van der Waals surface area (Å²) < 4.78 is 28.3. The molecule has 1 aliphatic carbocycles. The molecule has 1 saturated carbocycles. The molecular formula is C9H13F2N3. The van der Waals surface area contributed by atoms with Gasteiger partial charge in [-0.25, -0.2) is 13.8 Å². The van der Waals surface area contributed by atoms with Crippen LogP contribution in [0.5, 0.6) is 0 Å². The number of aromatic nitrogens is 3. The van der Waals surface area contributed by atoms with Crippen molar-refractivity contribution in [2.45, 2.75) is 38.2 Å². The zero-order chi connectivity index (χ0) is 10.0. The van der Waals surface area contributed by atoms with Gasteiger partial charge in [0.1, 0.15) is 12.7 Å². The van der Waals surface area contributed by atoms with Gasteiger partial charge < -0.3 is 0 Å². The number of hydrogen-bond acceptors (Lipinski definition) is 2. The summed E-state index contributed by atoms with van der Waals surface area (Å²) in [5.41, 5.74) is 0. The Morgan fingerprint density at radius 3 is 2.93 bits per heavy atom. The molecule has 5 heteroatoms. The van der Waals surface area contributed by atoms with Crippen LogP contribution in [0.15, 0.2) is 12.7 Å². The van der Waals surface area contributed by atoms with Gasteiger partial charge in [-0.15, -0.1) is 0 Å². The molecular weight excluding hydrogens is 188 g/mol. The summed E-state index contributed by atoms with van der Waals surface area (Å²) in [6, 6.07) is 0. The molecule has 0 bridgehead atoms. The summed E-state index contributed by atoms with van der Waals surface area (Å²) in [6.07, 6.45) is 5.01. The molecule has 78 valence electrons. The van der Waals surface area contributed by atoms with Crippen LogP contribution in [-0.4, -0.2) is 20.7 Å². The van der Waals surface area contributed by atoms with E-state index in [1.165, 1.54) is 17.3 Å². The molecule has 0 saturated heterocycles. The van der Waals surface area contributed by atoms with Crippen molar-refractivity contribution in [1.29, 1.82) is 0 Å². The van der Waals surface area contributed by atoms with Gasteiger partial charge in [0.05, 0.1) is 6.54 Å². The molecule has 0 N–H and O–H groups in total. The lowest BCUT2D eigenvalue weighted by molar-refractivity contribution is -0.0919. The highest BCUT2D eigenvalue weighted by Crippen LogP contribution is 2.38. The predicted octanol–water partition coefficient (Wildman–Crippen LogP) is 2.10. The predicted molar refractivity (Wildman–Crippen MR) is 46.9 cm³/mol. The fourth-order valence-electron chi connectivity index (χ4n) is 1.94. The van der Waals surface area contributed by atoms with Crippen LogP contribution >= 0.6 is 0 Å². The van der Waals surface area contributed by atoms with E-state index in [4.69, 9.17) is 0 Å². The highest BCUT2D eigenvalue weighted by Gasteiger charge is 2.41. The molecule has 1 aromatic heterocycles. The van der Waals surface area contributed by atoms with Crippen LogP contribution in [0.3, 0.4) is 0 Å². The van der Waals surface area contributed by atoms with Crippen molar-refractivity contribution < 1.29 is 8.78 Å². The Kier molecular flexibility index (Phi) is 2.48. The van der Waals surface area contributed by atoms with E-state index in [0.29, 0.717) is 12.8 Å². The summed E-state index contributed by atoms with van der Waals surface area (Å²) in [7, 11) is 0. The Morgan fingerprint density at radius 2 is 2.29 bits per heavy atom. The lowest BCUT2D eigenvalue weighted by atomic mass is 9.85. The second kappa shape index (κ2) is 3.63. The second-order valence-electron chi connectivity index (χ2n) is 3.82. The molecule has 0 aliphatic heterocycles. The van der Waals surface area contributed by atoms with Crippen molar-refractivity contribution >= 4 is 0 Å². The molecule has 0 radical (unpaired) electrons. The maximum absolute atomic E-state index is 13.4. The quantitative estimate of drug-likeness (QED) is 0.733. The third-order valence-electron chi connectivity index (χ3n) is 2.78. The van der Waals surface area contributed by atoms with E-state index in [1.807, 2.05) is 0 Å². The Hall–Kier alpha value is -1.00. The first-order chi connectivity index (χ1) is 6.68. The van der Waals surface area contributed by atoms with Gasteiger partial charge >= 0.3 is 0 Å². The van der Waals surface area contributed by atoms with Crippen molar-refractivity contribution in [2.24, 2.45) is 5.92 Å². The van der Waals surface area contributed by atoms with Crippen molar-refractivity contribution in [3.8, 4) is 0 Å². The van der Waals surface area contributed by atoms with E-state index in [1.54, 1.807) is 0 Å². The zero-order valence-corrected chi connectivity index (χ0v) is 7.87. The highest BCUT2D eigenvalue weighted by atomic mass is 19.3. The van der Waals surface area contributed by atoms with Gasteiger partial charge in [-0.3, -0.25) is 4.68 Å². The Bertz CT molecular complexity index is 284. The monoisotopic (exact) mass is 201 g/mol. The van der Waals surface area contributed by atoms with Gasteiger partial charge in [0.15, 0.2) is 0 Å². The summed E-state index contributed by atoms with van der Waals surface area (Å²) >= 11 is 0. The van der Waals surface area contributed by atoms with E-state index in [0.717, 1.165) is 6.42 Å². The van der Waals surface area contributed by atoms with E-state index in [2.05, 4.69) is 10.1 Å². The van der Waals surface area contributed by atoms with E-state index in [-0.39, 0.29) is 13.0 Å². The molecule has 1 unspecified atom stereocenters. The maximum Gasteiger partial charge on any atom is 0.252 e. The summed E-state index contributed by atoms with van der Waals surface area (Å²) in [6.45, 7) is 0.285. The van der Waals surface area contributed by atoms with Crippen molar-refractivity contribution in [2.75, 3.05) is 0 Å². The molecule has 1 aliphatic rings. The number of hydrogen-bond donors (Lipinski definition) is 0. The topological polar surface area (TPSA) is 30.7 Å². The fourth-order valence-corrected chi connectivity index (χ4v) is 1.94. The van der Waals surface area contributed by atoms with Crippen LogP contribution in [0.25, 0.3) is 0 Å². The first-order valence-electron chi connectivity index (χ1n) is 4.89. The molecule has 2 rings (SSSR count). The van der Waals surface area contributed by atoms with Gasteiger partial charge in [-0.1, -0.05) is 6.42 Å². The average molecular weight is 201 g/mol. The Labute approximate surface area is 81.1 Å². The SMILES string of the molecule is FC1(F)CCCCC1Cn1cncn1. The van der Waals surface area contributed by atoms with Gasteiger partial charge in [-0.2, -0.15) is 5.10 Å². The number of rotatable bonds is 2. The van der Waals surface area contributed by atoms with E-state index < -0.39 is 11.8 Å². The lowest BCUT2D eigenvalue weighted by Gasteiger charge is -2.30. The van der Waals surface area contributed by atoms with Gasteiger partial charge in [-0.05, 0) is 12.8 Å². The Balaban J connectivity index is 2.02. The smallest absolute Gasteiger partial charge is 0.252 e. The van der Waals surface area contributed by atoms with Crippen LogP contribution < -0.4 is 0 Å². The zero-order valence-electron chi connectivity index (χ0n) is 7.87. The third kappa shape index (κ3) is 1.91. The number of halogens is 2. The van der Waals surface area contributed by atoms with Gasteiger partial charge in [0.25, 0.3) is 5.92 Å². The van der Waals surface area contributed by atoms with Crippen LogP contribution in [0.4, 0.5) is 8.78 Å². The molecule has 0 amide bonds. The molecule has 1 atom stereocenters. The average Bonchev–Trinajstić information content (AvgIpc) is 2.61. The minimum absolute atomic E-state index is 0.0202. The second-order valence-corrected chi connectivity index (χ2v) is 3.82. The first-order valence-corrected chi connectivity index (χ1v) is 4.89. The summed E-state index contributed by atoms with van der Waals surface area (Å²) in [5, 5.41) is 3.85. The molecule has 0 aromatic carbocycles. The standard InChI is InChI=1S/C9H13F2N3/c10-9(11)4-2-1-3-8(9)5-14-7-12-6-13-14/h6-8H,1-5H2. The van der Waals surface area contributed by atoms with E-state index in [9.17, 15) is 8.78 Å². The van der Waals surface area contributed by atoms with Gasteiger partial charge in [0.2, 0.25) is 0 Å². The molecule has 3 nitrogen and oxygen atoms in total. The maximum atomic E-state index is 13.4. The normalized spacial score (nSPS) is 26.3. The van der Waals surface area contributed by atoms with E-state index >= 15 is 0 Å². The minimum Gasteiger partial charge on any atom is -0.252 e. The van der Waals surface area contributed by atoms with Crippen molar-refractivity contribution in [3.63, 3.8) is 0 Å². The molecule has 1 fully saturated rings. The molecule has 0 spiro atoms. The van der Waals surface area contributed by atoms with Crippen LogP contribution in [0, 0.1) is 5.92 Å². The fraction of sp³-hybridized carbons (Fsp3) is 0.778. The third-order valence-corrected chi connectivity index (χ3v) is 2.78. The highest BCUT2D eigenvalue weighted by molar-refractivity contribution is 4.81. The van der Waals surface area contributed by atoms with Gasteiger partial charge in [0, 0.05) is 12.3 Å². The summed E-state index contributed by atoms with van der Waals surface area (Å²) in [5.74, 6) is -3.09. The minimum atomic E-state index is -2.52. The summed E-state index contributed by atoms with van der Waals surface area (Å²) in [4.78, 5) is 3.74. The van der Waals surface area contributed by atoms with Crippen molar-refractivity contribution in [3.05, 3.63) is 12.7 Å². The Morgan fingerprint density at radius 1 is 1.43 bits per heavy atom. The molecule has 1 heterocycles.